The predicted octanol–water partition coefficient (Wildman–Crippen LogP) is 3.52. The Balaban J connectivity index is 2.17. The van der Waals surface area contributed by atoms with Gasteiger partial charge in [0.05, 0.1) is 10.4 Å². The Morgan fingerprint density at radius 2 is 2.00 bits per heavy atom. The van der Waals surface area contributed by atoms with Gasteiger partial charge in [0.15, 0.2) is 11.6 Å². The number of aromatic nitrogens is 3. The van der Waals surface area contributed by atoms with Crippen molar-refractivity contribution in [3.05, 3.63) is 46.3 Å². The van der Waals surface area contributed by atoms with E-state index in [1.807, 2.05) is 30.5 Å². The summed E-state index contributed by atoms with van der Waals surface area (Å²) in [6, 6.07) is 7.56. The number of rotatable bonds is 3. The van der Waals surface area contributed by atoms with E-state index < -0.39 is 5.97 Å². The van der Waals surface area contributed by atoms with Crippen LogP contribution in [0.2, 0.25) is 0 Å². The second kappa shape index (κ2) is 5.14. The molecule has 0 bridgehead atoms. The van der Waals surface area contributed by atoms with E-state index in [0.29, 0.717) is 22.8 Å². The molecular formula is C15H13N3O2S. The Hall–Kier alpha value is -2.47. The number of benzene rings is 1. The van der Waals surface area contributed by atoms with Gasteiger partial charge in [-0.2, -0.15) is 5.10 Å². The number of hydrogen-bond donors (Lipinski definition) is 2. The molecule has 1 aromatic carbocycles. The highest BCUT2D eigenvalue weighted by atomic mass is 32.1. The number of carbonyl (C=O) groups is 1. The molecule has 2 N–H and O–H groups in total. The first-order valence-corrected chi connectivity index (χ1v) is 7.26. The van der Waals surface area contributed by atoms with Crippen molar-refractivity contribution < 1.29 is 9.90 Å². The summed E-state index contributed by atoms with van der Waals surface area (Å²) in [5.41, 5.74) is 2.37. The van der Waals surface area contributed by atoms with E-state index in [2.05, 4.69) is 15.2 Å². The van der Waals surface area contributed by atoms with Crippen LogP contribution in [0, 0.1) is 13.8 Å². The number of H-pyrrole nitrogens is 1. The van der Waals surface area contributed by atoms with Crippen molar-refractivity contribution >= 4 is 17.3 Å². The lowest BCUT2D eigenvalue weighted by Crippen LogP contribution is -2.05. The molecule has 0 unspecified atom stereocenters. The maximum Gasteiger partial charge on any atom is 0.336 e. The summed E-state index contributed by atoms with van der Waals surface area (Å²) >= 11 is 1.55. The summed E-state index contributed by atoms with van der Waals surface area (Å²) < 4.78 is 0. The van der Waals surface area contributed by atoms with E-state index in [9.17, 15) is 9.90 Å². The second-order valence-electron chi connectivity index (χ2n) is 4.74. The zero-order chi connectivity index (χ0) is 15.0. The lowest BCUT2D eigenvalue weighted by Gasteiger charge is -2.09. The molecule has 106 valence electrons. The Morgan fingerprint density at radius 3 is 2.67 bits per heavy atom. The average molecular weight is 299 g/mol. The number of hydrogen-bond acceptors (Lipinski definition) is 4. The molecule has 0 spiro atoms. The average Bonchev–Trinajstić information content (AvgIpc) is 3.10. The van der Waals surface area contributed by atoms with Gasteiger partial charge in [0.2, 0.25) is 0 Å². The normalized spacial score (nSPS) is 10.8. The zero-order valence-corrected chi connectivity index (χ0v) is 12.4. The van der Waals surface area contributed by atoms with Crippen molar-refractivity contribution in [3.63, 3.8) is 0 Å². The standard InChI is InChI=1S/C15H13N3O2S/c1-8-5-6-9(2)12(15(19)20)11(8)14-16-13(17-18-14)10-4-3-7-21-10/h3-7H,1-2H3,(H,19,20)(H,16,17,18). The van der Waals surface area contributed by atoms with E-state index in [-0.39, 0.29) is 5.56 Å². The van der Waals surface area contributed by atoms with Gasteiger partial charge in [0.1, 0.15) is 0 Å². The van der Waals surface area contributed by atoms with Crippen molar-refractivity contribution in [2.75, 3.05) is 0 Å². The van der Waals surface area contributed by atoms with E-state index in [0.717, 1.165) is 10.4 Å². The SMILES string of the molecule is Cc1ccc(C)c(-c2n[nH]c(-c3cccs3)n2)c1C(=O)O. The highest BCUT2D eigenvalue weighted by molar-refractivity contribution is 7.13. The number of nitrogens with one attached hydrogen (secondary N) is 1. The minimum atomic E-state index is -0.964. The van der Waals surface area contributed by atoms with Gasteiger partial charge >= 0.3 is 5.97 Å². The lowest BCUT2D eigenvalue weighted by atomic mass is 9.97. The van der Waals surface area contributed by atoms with Gasteiger partial charge in [-0.1, -0.05) is 18.2 Å². The van der Waals surface area contributed by atoms with Crippen LogP contribution >= 0.6 is 11.3 Å². The fraction of sp³-hybridized carbons (Fsp3) is 0.133. The summed E-state index contributed by atoms with van der Waals surface area (Å²) in [5.74, 6) is 0.0999. The summed E-state index contributed by atoms with van der Waals surface area (Å²) in [7, 11) is 0. The molecule has 0 fully saturated rings. The Bertz CT molecular complexity index is 806. The third-order valence-corrected chi connectivity index (χ3v) is 4.18. The fourth-order valence-electron chi connectivity index (χ4n) is 2.27. The van der Waals surface area contributed by atoms with Crippen LogP contribution in [0.3, 0.4) is 0 Å². The van der Waals surface area contributed by atoms with Crippen LogP contribution in [0.5, 0.6) is 0 Å². The first-order valence-electron chi connectivity index (χ1n) is 6.38. The molecule has 0 aliphatic carbocycles. The maximum absolute atomic E-state index is 11.5. The number of aryl methyl sites for hydroxylation is 2. The Labute approximate surface area is 125 Å². The van der Waals surface area contributed by atoms with E-state index in [1.54, 1.807) is 24.3 Å². The maximum atomic E-state index is 11.5. The molecule has 0 atom stereocenters. The molecule has 3 rings (SSSR count). The molecule has 5 nitrogen and oxygen atoms in total. The molecule has 0 saturated carbocycles. The van der Waals surface area contributed by atoms with Gasteiger partial charge in [-0.15, -0.1) is 11.3 Å². The molecule has 21 heavy (non-hydrogen) atoms. The quantitative estimate of drug-likeness (QED) is 0.775. The van der Waals surface area contributed by atoms with Crippen LogP contribution in [0.4, 0.5) is 0 Å². The van der Waals surface area contributed by atoms with Gasteiger partial charge < -0.3 is 5.11 Å². The van der Waals surface area contributed by atoms with E-state index >= 15 is 0 Å². The Morgan fingerprint density at radius 1 is 1.24 bits per heavy atom. The van der Waals surface area contributed by atoms with Crippen LogP contribution in [0.1, 0.15) is 21.5 Å². The molecule has 0 radical (unpaired) electrons. The number of thiophene rings is 1. The lowest BCUT2D eigenvalue weighted by molar-refractivity contribution is 0.0697. The smallest absolute Gasteiger partial charge is 0.336 e. The van der Waals surface area contributed by atoms with Crippen LogP contribution in [0.25, 0.3) is 22.1 Å². The van der Waals surface area contributed by atoms with Crippen LogP contribution in [-0.4, -0.2) is 26.3 Å². The Kier molecular flexibility index (Phi) is 3.31. The predicted molar refractivity (Wildman–Crippen MR) is 81.6 cm³/mol. The van der Waals surface area contributed by atoms with Crippen molar-refractivity contribution in [1.29, 1.82) is 0 Å². The first kappa shape index (κ1) is 13.5. The van der Waals surface area contributed by atoms with Crippen molar-refractivity contribution in [2.45, 2.75) is 13.8 Å². The highest BCUT2D eigenvalue weighted by Gasteiger charge is 2.20. The molecule has 0 aliphatic rings. The van der Waals surface area contributed by atoms with Crippen molar-refractivity contribution in [1.82, 2.24) is 15.2 Å². The first-order chi connectivity index (χ1) is 10.1. The second-order valence-corrected chi connectivity index (χ2v) is 5.69. The topological polar surface area (TPSA) is 78.9 Å². The monoisotopic (exact) mass is 299 g/mol. The molecular weight excluding hydrogens is 286 g/mol. The third kappa shape index (κ3) is 2.34. The number of carboxylic acids is 1. The molecule has 0 amide bonds. The minimum absolute atomic E-state index is 0.256. The molecule has 0 aliphatic heterocycles. The summed E-state index contributed by atoms with van der Waals surface area (Å²) in [6.07, 6.45) is 0. The third-order valence-electron chi connectivity index (χ3n) is 3.30. The van der Waals surface area contributed by atoms with Gasteiger partial charge in [-0.3, -0.25) is 5.10 Å². The number of aromatic amines is 1. The number of carboxylic acid groups (broad SMARTS) is 1. The number of aromatic carboxylic acids is 1. The van der Waals surface area contributed by atoms with Crippen molar-refractivity contribution in [3.8, 4) is 22.1 Å². The van der Waals surface area contributed by atoms with Gasteiger partial charge in [0.25, 0.3) is 0 Å². The van der Waals surface area contributed by atoms with Gasteiger partial charge in [-0.25, -0.2) is 9.78 Å². The van der Waals surface area contributed by atoms with E-state index in [4.69, 9.17) is 0 Å². The molecule has 6 heteroatoms. The van der Waals surface area contributed by atoms with Crippen LogP contribution in [0.15, 0.2) is 29.6 Å². The number of nitrogens with zero attached hydrogens (tertiary/aromatic N) is 2. The summed E-state index contributed by atoms with van der Waals surface area (Å²) in [5, 5.41) is 18.5. The fourth-order valence-corrected chi connectivity index (χ4v) is 2.94. The summed E-state index contributed by atoms with van der Waals surface area (Å²) in [4.78, 5) is 17.0. The van der Waals surface area contributed by atoms with Crippen LogP contribution in [-0.2, 0) is 0 Å². The highest BCUT2D eigenvalue weighted by Crippen LogP contribution is 2.29. The van der Waals surface area contributed by atoms with Crippen LogP contribution < -0.4 is 0 Å². The molecule has 2 aromatic heterocycles. The largest absolute Gasteiger partial charge is 0.478 e. The van der Waals surface area contributed by atoms with E-state index in [1.165, 1.54) is 0 Å². The van der Waals surface area contributed by atoms with Crippen molar-refractivity contribution in [2.24, 2.45) is 0 Å². The molecule has 2 heterocycles. The molecule has 3 aromatic rings. The van der Waals surface area contributed by atoms with Gasteiger partial charge in [-0.05, 0) is 36.4 Å². The summed E-state index contributed by atoms with van der Waals surface area (Å²) in [6.45, 7) is 3.64. The zero-order valence-electron chi connectivity index (χ0n) is 11.5. The van der Waals surface area contributed by atoms with Gasteiger partial charge in [0, 0.05) is 5.56 Å². The minimum Gasteiger partial charge on any atom is -0.478 e. The molecule has 0 saturated heterocycles.